The summed E-state index contributed by atoms with van der Waals surface area (Å²) in [6.07, 6.45) is 4.22. The molecular weight excluding hydrogens is 250 g/mol. The van der Waals surface area contributed by atoms with Gasteiger partial charge >= 0.3 is 5.97 Å². The van der Waals surface area contributed by atoms with Crippen LogP contribution in [-0.2, 0) is 4.74 Å². The normalized spacial score (nSPS) is 32.5. The lowest BCUT2D eigenvalue weighted by molar-refractivity contribution is 0.0353. The van der Waals surface area contributed by atoms with Crippen molar-refractivity contribution in [2.45, 2.75) is 27.2 Å². The number of pyridine rings is 1. The molecule has 3 nitrogen and oxygen atoms in total. The fourth-order valence-corrected chi connectivity index (χ4v) is 3.56. The number of hydrogen-bond acceptors (Lipinski definition) is 3. The Bertz CT molecular complexity index is 596. The summed E-state index contributed by atoms with van der Waals surface area (Å²) in [5.41, 5.74) is 0.741. The van der Waals surface area contributed by atoms with Gasteiger partial charge in [-0.1, -0.05) is 32.6 Å². The highest BCUT2D eigenvalue weighted by atomic mass is 16.5. The maximum atomic E-state index is 12.1. The van der Waals surface area contributed by atoms with E-state index in [0.717, 1.165) is 6.42 Å². The number of rotatable bonds is 3. The zero-order valence-corrected chi connectivity index (χ0v) is 12.1. The summed E-state index contributed by atoms with van der Waals surface area (Å²) in [4.78, 5) is 16.0. The fraction of sp³-hybridized carbons (Fsp3) is 0.529. The Labute approximate surface area is 119 Å². The van der Waals surface area contributed by atoms with Crippen LogP contribution in [0.2, 0.25) is 0 Å². The van der Waals surface area contributed by atoms with Crippen LogP contribution in [0.5, 0.6) is 0 Å². The highest BCUT2D eigenvalue weighted by Gasteiger charge is 2.71. The van der Waals surface area contributed by atoms with Gasteiger partial charge in [-0.05, 0) is 24.0 Å². The van der Waals surface area contributed by atoms with Crippen molar-refractivity contribution in [2.24, 2.45) is 22.7 Å². The third kappa shape index (κ3) is 1.83. The van der Waals surface area contributed by atoms with E-state index >= 15 is 0 Å². The van der Waals surface area contributed by atoms with Crippen molar-refractivity contribution >= 4 is 5.97 Å². The molecule has 0 aliphatic heterocycles. The van der Waals surface area contributed by atoms with Gasteiger partial charge in [0.2, 0.25) is 0 Å². The predicted octanol–water partition coefficient (Wildman–Crippen LogP) is 2.92. The Balaban J connectivity index is 1.71. The van der Waals surface area contributed by atoms with Crippen molar-refractivity contribution in [2.75, 3.05) is 6.61 Å². The van der Waals surface area contributed by atoms with E-state index < -0.39 is 0 Å². The molecule has 0 spiro atoms. The average Bonchev–Trinajstić information content (AvgIpc) is 2.92. The van der Waals surface area contributed by atoms with Gasteiger partial charge in [0.1, 0.15) is 0 Å². The standard InChI is InChI=1S/C17H19NO2/c1-12-4-5-14-16(2,3)17(14,10-12)11-20-15(19)13-6-8-18-9-7-13/h6-9,12,14H,10-11H2,1-3H3. The number of nitrogens with zero attached hydrogens (tertiary/aromatic N) is 1. The predicted molar refractivity (Wildman–Crippen MR) is 75.8 cm³/mol. The smallest absolute Gasteiger partial charge is 0.338 e. The van der Waals surface area contributed by atoms with Crippen LogP contribution >= 0.6 is 0 Å². The van der Waals surface area contributed by atoms with Crippen molar-refractivity contribution in [1.29, 1.82) is 0 Å². The number of ether oxygens (including phenoxy) is 1. The lowest BCUT2D eigenvalue weighted by atomic mass is 9.85. The first-order valence-electron chi connectivity index (χ1n) is 7.05. The Morgan fingerprint density at radius 3 is 2.80 bits per heavy atom. The van der Waals surface area contributed by atoms with Crippen molar-refractivity contribution in [3.63, 3.8) is 0 Å². The van der Waals surface area contributed by atoms with E-state index in [9.17, 15) is 4.79 Å². The molecule has 0 radical (unpaired) electrons. The summed E-state index contributed by atoms with van der Waals surface area (Å²) in [5.74, 6) is 7.09. The Morgan fingerprint density at radius 1 is 1.40 bits per heavy atom. The molecule has 1 aromatic rings. The molecule has 3 unspecified atom stereocenters. The summed E-state index contributed by atoms with van der Waals surface area (Å²) < 4.78 is 5.56. The summed E-state index contributed by atoms with van der Waals surface area (Å²) in [7, 11) is 0. The minimum Gasteiger partial charge on any atom is -0.461 e. The molecule has 20 heavy (non-hydrogen) atoms. The van der Waals surface area contributed by atoms with Gasteiger partial charge in [-0.15, -0.1) is 0 Å². The van der Waals surface area contributed by atoms with Crippen molar-refractivity contribution in [3.8, 4) is 11.8 Å². The third-order valence-corrected chi connectivity index (χ3v) is 5.00. The van der Waals surface area contributed by atoms with E-state index in [4.69, 9.17) is 4.74 Å². The highest BCUT2D eigenvalue weighted by molar-refractivity contribution is 5.89. The Hall–Kier alpha value is -1.82. The van der Waals surface area contributed by atoms with Gasteiger partial charge < -0.3 is 4.74 Å². The van der Waals surface area contributed by atoms with E-state index in [-0.39, 0.29) is 16.8 Å². The van der Waals surface area contributed by atoms with Crippen LogP contribution in [0.3, 0.4) is 0 Å². The second-order valence-electron chi connectivity index (χ2n) is 6.52. The molecule has 1 saturated carbocycles. The van der Waals surface area contributed by atoms with Gasteiger partial charge in [-0.25, -0.2) is 4.79 Å². The van der Waals surface area contributed by atoms with Crippen LogP contribution in [0.25, 0.3) is 0 Å². The first-order chi connectivity index (χ1) is 9.47. The molecule has 1 aromatic heterocycles. The first-order valence-corrected chi connectivity index (χ1v) is 7.05. The van der Waals surface area contributed by atoms with Gasteiger partial charge in [0.25, 0.3) is 0 Å². The number of hydrogen-bond donors (Lipinski definition) is 0. The minimum absolute atomic E-state index is 0.0420. The summed E-state index contributed by atoms with van der Waals surface area (Å²) in [6, 6.07) is 3.36. The van der Waals surface area contributed by atoms with Crippen molar-refractivity contribution < 1.29 is 9.53 Å². The van der Waals surface area contributed by atoms with Gasteiger partial charge in [-0.3, -0.25) is 4.98 Å². The topological polar surface area (TPSA) is 39.2 Å². The molecule has 104 valence electrons. The van der Waals surface area contributed by atoms with E-state index in [1.54, 1.807) is 24.5 Å². The molecule has 0 aromatic carbocycles. The maximum absolute atomic E-state index is 12.1. The molecule has 0 bridgehead atoms. The van der Waals surface area contributed by atoms with Crippen LogP contribution in [0, 0.1) is 34.5 Å². The number of aromatic nitrogens is 1. The molecule has 2 aliphatic carbocycles. The molecule has 1 heterocycles. The molecule has 0 saturated heterocycles. The Morgan fingerprint density at radius 2 is 2.10 bits per heavy atom. The lowest BCUT2D eigenvalue weighted by Gasteiger charge is -2.23. The van der Waals surface area contributed by atoms with Crippen LogP contribution in [0.15, 0.2) is 24.5 Å². The average molecular weight is 269 g/mol. The molecule has 2 aliphatic rings. The van der Waals surface area contributed by atoms with Gasteiger partial charge in [-0.2, -0.15) is 0 Å². The van der Waals surface area contributed by atoms with Crippen LogP contribution in [0.1, 0.15) is 37.6 Å². The van der Waals surface area contributed by atoms with Gasteiger partial charge in [0, 0.05) is 29.6 Å². The molecule has 3 heteroatoms. The van der Waals surface area contributed by atoms with Crippen LogP contribution in [0.4, 0.5) is 0 Å². The van der Waals surface area contributed by atoms with E-state index in [1.807, 2.05) is 0 Å². The lowest BCUT2D eigenvalue weighted by Crippen LogP contribution is -2.23. The van der Waals surface area contributed by atoms with E-state index in [1.165, 1.54) is 0 Å². The molecule has 3 atom stereocenters. The highest BCUT2D eigenvalue weighted by Crippen LogP contribution is 2.72. The molecular formula is C17H19NO2. The van der Waals surface area contributed by atoms with Crippen molar-refractivity contribution in [1.82, 2.24) is 4.98 Å². The van der Waals surface area contributed by atoms with Crippen molar-refractivity contribution in [3.05, 3.63) is 30.1 Å². The quantitative estimate of drug-likeness (QED) is 0.625. The monoisotopic (exact) mass is 269 g/mol. The number of fused-ring (bicyclic) bond motifs is 1. The maximum Gasteiger partial charge on any atom is 0.338 e. The summed E-state index contributed by atoms with van der Waals surface area (Å²) in [6.45, 7) is 7.06. The SMILES string of the molecule is CC1C#CC2C(C)(C)C2(COC(=O)c2ccncc2)C1. The largest absolute Gasteiger partial charge is 0.461 e. The van der Waals surface area contributed by atoms with Crippen LogP contribution in [-0.4, -0.2) is 17.6 Å². The number of esters is 1. The minimum atomic E-state index is -0.269. The molecule has 3 rings (SSSR count). The third-order valence-electron chi connectivity index (χ3n) is 5.00. The molecule has 1 fully saturated rings. The second kappa shape index (κ2) is 4.34. The number of carbonyl (C=O) groups is 1. The molecule has 0 N–H and O–H groups in total. The first kappa shape index (κ1) is 13.2. The summed E-state index contributed by atoms with van der Waals surface area (Å²) in [5, 5.41) is 0. The zero-order chi connectivity index (χ0) is 14.4. The second-order valence-corrected chi connectivity index (χ2v) is 6.52. The van der Waals surface area contributed by atoms with Crippen LogP contribution < -0.4 is 0 Å². The number of carbonyl (C=O) groups excluding carboxylic acids is 1. The summed E-state index contributed by atoms with van der Waals surface area (Å²) >= 11 is 0. The Kier molecular flexibility index (Phi) is 2.86. The fourth-order valence-electron chi connectivity index (χ4n) is 3.56. The van der Waals surface area contributed by atoms with E-state index in [0.29, 0.717) is 24.0 Å². The van der Waals surface area contributed by atoms with Gasteiger partial charge in [0.15, 0.2) is 0 Å². The zero-order valence-electron chi connectivity index (χ0n) is 12.1. The molecule has 0 amide bonds. The van der Waals surface area contributed by atoms with Gasteiger partial charge in [0.05, 0.1) is 12.2 Å². The van der Waals surface area contributed by atoms with E-state index in [2.05, 4.69) is 37.6 Å².